The summed E-state index contributed by atoms with van der Waals surface area (Å²) >= 11 is 0. The van der Waals surface area contributed by atoms with Crippen molar-refractivity contribution in [2.75, 3.05) is 7.11 Å². The topological polar surface area (TPSA) is 94.7 Å². The van der Waals surface area contributed by atoms with E-state index >= 15 is 0 Å². The lowest BCUT2D eigenvalue weighted by Gasteiger charge is -2.12. The van der Waals surface area contributed by atoms with E-state index in [2.05, 4.69) is 14.5 Å². The van der Waals surface area contributed by atoms with Gasteiger partial charge in [-0.25, -0.2) is 0 Å². The SMILES string of the molecule is COc1c([N+](=O)[O-])ncc(O)c1OC(F)(F)F. The highest BCUT2D eigenvalue weighted by Crippen LogP contribution is 2.43. The van der Waals surface area contributed by atoms with Gasteiger partial charge in [0.25, 0.3) is 5.75 Å². The van der Waals surface area contributed by atoms with Crippen LogP contribution in [0.3, 0.4) is 0 Å². The van der Waals surface area contributed by atoms with Gasteiger partial charge >= 0.3 is 12.2 Å². The minimum absolute atomic E-state index is 0.460. The molecule has 0 radical (unpaired) electrons. The molecule has 0 spiro atoms. The number of hydrogen-bond donors (Lipinski definition) is 1. The monoisotopic (exact) mass is 254 g/mol. The Morgan fingerprint density at radius 1 is 1.47 bits per heavy atom. The molecular weight excluding hydrogens is 249 g/mol. The number of ether oxygens (including phenoxy) is 2. The zero-order chi connectivity index (χ0) is 13.2. The molecular formula is C7H5F3N2O5. The summed E-state index contributed by atoms with van der Waals surface area (Å²) in [7, 11) is 0.882. The normalized spacial score (nSPS) is 11.1. The van der Waals surface area contributed by atoms with E-state index in [1.165, 1.54) is 0 Å². The predicted octanol–water partition coefficient (Wildman–Crippen LogP) is 1.60. The first-order chi connectivity index (χ1) is 7.76. The average molecular weight is 254 g/mol. The Labute approximate surface area is 91.6 Å². The summed E-state index contributed by atoms with van der Waals surface area (Å²) in [6.45, 7) is 0. The van der Waals surface area contributed by atoms with Crippen molar-refractivity contribution in [1.29, 1.82) is 0 Å². The fraction of sp³-hybridized carbons (Fsp3) is 0.286. The lowest BCUT2D eigenvalue weighted by atomic mass is 10.3. The molecule has 0 fully saturated rings. The van der Waals surface area contributed by atoms with Crippen molar-refractivity contribution in [2.45, 2.75) is 6.36 Å². The van der Waals surface area contributed by atoms with Gasteiger partial charge in [0.2, 0.25) is 11.5 Å². The Morgan fingerprint density at radius 2 is 2.06 bits per heavy atom. The lowest BCUT2D eigenvalue weighted by Crippen LogP contribution is -2.18. The fourth-order valence-electron chi connectivity index (χ4n) is 0.986. The van der Waals surface area contributed by atoms with Crippen LogP contribution < -0.4 is 9.47 Å². The number of alkyl halides is 3. The van der Waals surface area contributed by atoms with Crippen LogP contribution in [0.1, 0.15) is 0 Å². The van der Waals surface area contributed by atoms with E-state index in [4.69, 9.17) is 5.11 Å². The molecule has 10 heteroatoms. The predicted molar refractivity (Wildman–Crippen MR) is 45.8 cm³/mol. The third-order valence-corrected chi connectivity index (χ3v) is 1.55. The number of aromatic nitrogens is 1. The summed E-state index contributed by atoms with van der Waals surface area (Å²) in [5, 5.41) is 19.6. The number of aromatic hydroxyl groups is 1. The van der Waals surface area contributed by atoms with Gasteiger partial charge < -0.3 is 24.7 Å². The standard InChI is InChI=1S/C7H5F3N2O5/c1-16-5-4(17-7(8,9)10)3(13)2-11-6(5)12(14)15/h2,13H,1H3. The zero-order valence-electron chi connectivity index (χ0n) is 8.19. The van der Waals surface area contributed by atoms with Crippen LogP contribution >= 0.6 is 0 Å². The van der Waals surface area contributed by atoms with Gasteiger partial charge in [0.05, 0.1) is 7.11 Å². The number of pyridine rings is 1. The second-order valence-corrected chi connectivity index (χ2v) is 2.63. The molecule has 0 saturated carbocycles. The Morgan fingerprint density at radius 3 is 2.47 bits per heavy atom. The molecule has 7 nitrogen and oxygen atoms in total. The number of nitro groups is 1. The Kier molecular flexibility index (Phi) is 3.25. The maximum Gasteiger partial charge on any atom is 0.573 e. The fourth-order valence-corrected chi connectivity index (χ4v) is 0.986. The molecule has 0 unspecified atom stereocenters. The van der Waals surface area contributed by atoms with Crippen LogP contribution in [0.25, 0.3) is 0 Å². The largest absolute Gasteiger partial charge is 0.573 e. The third kappa shape index (κ3) is 2.86. The van der Waals surface area contributed by atoms with Crippen LogP contribution in [-0.4, -0.2) is 28.5 Å². The quantitative estimate of drug-likeness (QED) is 0.650. The van der Waals surface area contributed by atoms with Crippen LogP contribution in [0.4, 0.5) is 19.0 Å². The van der Waals surface area contributed by atoms with Gasteiger partial charge in [-0.15, -0.1) is 13.2 Å². The molecule has 0 aliphatic carbocycles. The van der Waals surface area contributed by atoms with E-state index in [9.17, 15) is 23.3 Å². The summed E-state index contributed by atoms with van der Waals surface area (Å²) in [4.78, 5) is 12.5. The van der Waals surface area contributed by atoms with Crippen molar-refractivity contribution in [3.63, 3.8) is 0 Å². The highest BCUT2D eigenvalue weighted by Gasteiger charge is 2.37. The first kappa shape index (κ1) is 12.8. The Balaban J connectivity index is 3.35. The second kappa shape index (κ2) is 4.31. The summed E-state index contributed by atoms with van der Waals surface area (Å²) < 4.78 is 43.8. The molecule has 0 aromatic carbocycles. The van der Waals surface area contributed by atoms with Crippen LogP contribution in [0, 0.1) is 10.1 Å². The highest BCUT2D eigenvalue weighted by atomic mass is 19.4. The maximum absolute atomic E-state index is 12.0. The van der Waals surface area contributed by atoms with Crippen molar-refractivity contribution >= 4 is 5.82 Å². The lowest BCUT2D eigenvalue weighted by molar-refractivity contribution is -0.390. The minimum Gasteiger partial charge on any atom is -0.502 e. The molecule has 0 bridgehead atoms. The molecule has 1 rings (SSSR count). The number of nitrogens with zero attached hydrogens (tertiary/aromatic N) is 2. The van der Waals surface area contributed by atoms with Gasteiger partial charge in [0, 0.05) is 0 Å². The highest BCUT2D eigenvalue weighted by molar-refractivity contribution is 5.57. The molecule has 0 aliphatic rings. The molecule has 0 atom stereocenters. The van der Waals surface area contributed by atoms with Crippen molar-refractivity contribution in [3.8, 4) is 17.2 Å². The van der Waals surface area contributed by atoms with Gasteiger partial charge in [-0.3, -0.25) is 0 Å². The maximum atomic E-state index is 12.0. The first-order valence-corrected chi connectivity index (χ1v) is 3.92. The van der Waals surface area contributed by atoms with E-state index in [1.54, 1.807) is 0 Å². The molecule has 1 heterocycles. The van der Waals surface area contributed by atoms with E-state index in [0.29, 0.717) is 6.20 Å². The van der Waals surface area contributed by atoms with E-state index in [-0.39, 0.29) is 0 Å². The summed E-state index contributed by atoms with van der Waals surface area (Å²) in [6.07, 6.45) is -4.66. The molecule has 1 aromatic rings. The summed E-state index contributed by atoms with van der Waals surface area (Å²) in [5.74, 6) is -4.14. The number of hydrogen-bond acceptors (Lipinski definition) is 6. The number of rotatable bonds is 3. The molecule has 17 heavy (non-hydrogen) atoms. The second-order valence-electron chi connectivity index (χ2n) is 2.63. The molecule has 1 N–H and O–H groups in total. The third-order valence-electron chi connectivity index (χ3n) is 1.55. The average Bonchev–Trinajstić information content (AvgIpc) is 2.18. The molecule has 1 aromatic heterocycles. The molecule has 94 valence electrons. The number of halogens is 3. The van der Waals surface area contributed by atoms with Crippen molar-refractivity contribution in [2.24, 2.45) is 0 Å². The Bertz CT molecular complexity index is 448. The van der Waals surface area contributed by atoms with E-state index in [0.717, 1.165) is 7.11 Å². The van der Waals surface area contributed by atoms with Gasteiger partial charge in [0.15, 0.2) is 6.20 Å². The summed E-state index contributed by atoms with van der Waals surface area (Å²) in [5.41, 5.74) is 0. The minimum atomic E-state index is -5.13. The van der Waals surface area contributed by atoms with Gasteiger partial charge in [0.1, 0.15) is 0 Å². The summed E-state index contributed by atoms with van der Waals surface area (Å²) in [6, 6.07) is 0. The van der Waals surface area contributed by atoms with Gasteiger partial charge in [-0.05, 0) is 9.91 Å². The van der Waals surface area contributed by atoms with Crippen molar-refractivity contribution in [3.05, 3.63) is 16.3 Å². The molecule has 0 amide bonds. The molecule has 0 aliphatic heterocycles. The van der Waals surface area contributed by atoms with E-state index in [1.807, 2.05) is 0 Å². The number of methoxy groups -OCH3 is 1. The van der Waals surface area contributed by atoms with Gasteiger partial charge in [-0.1, -0.05) is 0 Å². The van der Waals surface area contributed by atoms with Crippen molar-refractivity contribution < 1.29 is 32.7 Å². The first-order valence-electron chi connectivity index (χ1n) is 3.92. The van der Waals surface area contributed by atoms with E-state index < -0.39 is 34.4 Å². The van der Waals surface area contributed by atoms with Crippen LogP contribution in [0.2, 0.25) is 0 Å². The smallest absolute Gasteiger partial charge is 0.502 e. The Hall–Kier alpha value is -2.26. The van der Waals surface area contributed by atoms with Crippen LogP contribution in [0.5, 0.6) is 17.2 Å². The van der Waals surface area contributed by atoms with Crippen LogP contribution in [0.15, 0.2) is 6.20 Å². The van der Waals surface area contributed by atoms with Gasteiger partial charge in [-0.2, -0.15) is 0 Å². The zero-order valence-corrected chi connectivity index (χ0v) is 8.19. The molecule has 0 saturated heterocycles. The van der Waals surface area contributed by atoms with Crippen molar-refractivity contribution in [1.82, 2.24) is 4.98 Å². The van der Waals surface area contributed by atoms with Crippen LogP contribution in [-0.2, 0) is 0 Å².